The van der Waals surface area contributed by atoms with Crippen molar-refractivity contribution in [2.24, 2.45) is 105 Å². The van der Waals surface area contributed by atoms with Crippen molar-refractivity contribution < 1.29 is 81.2 Å². The standard InChI is InChI=1S/C20H25NO3.C20H33NO2.C19H31NO3.C19H31NO2.C16H29NO2.C15H29NO5/c1-20(2,17-8-10-21-11-9-17)24-19(22)16-5-4-15-13-18(23-3)7-6-14(15)12-16;1-19(2,17-3-5-21-6-4-17)23-18(22)13-20-10-14-7-15(11-20)9-16(8-14)12-20;1-17(2,15-3-5-20-6-4-15)23-16(21)18-8-13-7-14(9-18)11-19(22,10-13)12-18;1-18(2,16-3-5-20-6-4-16)22-17(21)19-10-13-7-14(11-19)9-15(8-13)12-19;1-16(2,14-8-10-17-11-9-14)19-15(18)12-13-6-4-3-5-7-13;1-15(2,13-4-6-16-7-5-13)21-14(17)12-20-11-10-19-9-8-18-3/h4-7,12-13,17,21H,8-11H2,1-3H3;14-17,21H,3-13H2,1-2H3;13-15,20,22H,3-12H2,1-2H3;13-16,20H,3-12H2,1-2H3;13-14,17H,3-12H2,1-2H3;13,16H,4-12H2,1-3H3. The number of nitrogens with one attached hydrogen (secondary N) is 6. The summed E-state index contributed by atoms with van der Waals surface area (Å²) in [7, 11) is 3.27. The number of hydrogen-bond donors (Lipinski definition) is 7. The minimum Gasteiger partial charge on any atom is -0.497 e. The average molecular weight is 1840 g/mol. The molecule has 0 amide bonds. The molecule has 21 rings (SSSR count). The molecule has 19 aliphatic rings. The Kier molecular flexibility index (Phi) is 36.6. The van der Waals surface area contributed by atoms with Crippen molar-refractivity contribution in [3.05, 3.63) is 42.0 Å². The highest BCUT2D eigenvalue weighted by Crippen LogP contribution is 2.65. The number of fused-ring (bicyclic) bond motifs is 1. The summed E-state index contributed by atoms with van der Waals surface area (Å²) >= 11 is 0. The van der Waals surface area contributed by atoms with Gasteiger partial charge in [-0.3, -0.25) is 19.2 Å². The molecule has 6 saturated heterocycles. The lowest BCUT2D eigenvalue weighted by molar-refractivity contribution is -0.209. The fraction of sp³-hybridized carbons (Fsp3) is 0.853. The molecular weight excluding hydrogens is 1670 g/mol. The van der Waals surface area contributed by atoms with Crippen LogP contribution < -0.4 is 36.6 Å². The van der Waals surface area contributed by atoms with Gasteiger partial charge in [-0.2, -0.15) is 0 Å². The topological polar surface area (TPSA) is 287 Å². The minimum absolute atomic E-state index is 0.0199. The van der Waals surface area contributed by atoms with Crippen LogP contribution in [0.4, 0.5) is 0 Å². The number of rotatable bonds is 28. The molecule has 6 aliphatic heterocycles. The number of ether oxygens (including phenoxy) is 10. The van der Waals surface area contributed by atoms with Crippen LogP contribution in [0.1, 0.15) is 331 Å². The van der Waals surface area contributed by atoms with Gasteiger partial charge >= 0.3 is 35.8 Å². The van der Waals surface area contributed by atoms with E-state index in [9.17, 15) is 33.9 Å². The van der Waals surface area contributed by atoms with Gasteiger partial charge in [-0.05, 0) is 461 Å². The quantitative estimate of drug-likeness (QED) is 0.0237. The highest BCUT2D eigenvalue weighted by atomic mass is 16.6. The maximum Gasteiger partial charge on any atom is 0.338 e. The zero-order chi connectivity index (χ0) is 94.2. The summed E-state index contributed by atoms with van der Waals surface area (Å²) in [5.74, 6) is 9.99. The van der Waals surface area contributed by atoms with E-state index in [-0.39, 0.29) is 64.6 Å². The van der Waals surface area contributed by atoms with Crippen LogP contribution >= 0.6 is 0 Å². The van der Waals surface area contributed by atoms with Gasteiger partial charge in [-0.1, -0.05) is 31.4 Å². The Balaban J connectivity index is 0.000000135. The zero-order valence-electron chi connectivity index (χ0n) is 84.3. The van der Waals surface area contributed by atoms with Gasteiger partial charge in [0.2, 0.25) is 0 Å². The first kappa shape index (κ1) is 104. The Labute approximate surface area is 793 Å². The van der Waals surface area contributed by atoms with Crippen LogP contribution in [0.3, 0.4) is 0 Å². The van der Waals surface area contributed by atoms with Crippen LogP contribution in [0.15, 0.2) is 36.4 Å². The lowest BCUT2D eigenvalue weighted by Crippen LogP contribution is -2.59. The summed E-state index contributed by atoms with van der Waals surface area (Å²) in [5.41, 5.74) is -2.40. The predicted molar refractivity (Wildman–Crippen MR) is 517 cm³/mol. The third kappa shape index (κ3) is 28.6. The van der Waals surface area contributed by atoms with Crippen LogP contribution in [0.25, 0.3) is 10.8 Å². The van der Waals surface area contributed by atoms with E-state index in [1.54, 1.807) is 14.2 Å². The first-order valence-corrected chi connectivity index (χ1v) is 52.9. The summed E-state index contributed by atoms with van der Waals surface area (Å²) in [4.78, 5) is 75.6. The van der Waals surface area contributed by atoms with E-state index in [0.29, 0.717) is 110 Å². The van der Waals surface area contributed by atoms with Gasteiger partial charge in [0.05, 0.1) is 62.0 Å². The molecule has 6 heterocycles. The molecule has 7 N–H and O–H groups in total. The largest absolute Gasteiger partial charge is 0.497 e. The van der Waals surface area contributed by atoms with E-state index in [1.165, 1.54) is 96.3 Å². The average Bonchev–Trinajstić information content (AvgIpc) is 0.726. The van der Waals surface area contributed by atoms with Gasteiger partial charge in [0.25, 0.3) is 0 Å². The highest BCUT2D eigenvalue weighted by Gasteiger charge is 2.63. The molecule has 0 radical (unpaired) electrons. The van der Waals surface area contributed by atoms with E-state index in [4.69, 9.17) is 47.4 Å². The van der Waals surface area contributed by atoms with Crippen LogP contribution in [0, 0.1) is 105 Å². The molecule has 2 atom stereocenters. The number of esters is 6. The Morgan fingerprint density at radius 1 is 0.356 bits per heavy atom. The molecule has 19 fully saturated rings. The van der Waals surface area contributed by atoms with E-state index < -0.39 is 27.8 Å². The van der Waals surface area contributed by atoms with Gasteiger partial charge < -0.3 is 84.4 Å². The van der Waals surface area contributed by atoms with Gasteiger partial charge in [0, 0.05) is 49.0 Å². The van der Waals surface area contributed by atoms with Crippen LogP contribution in [-0.2, 0) is 66.6 Å². The molecule has 132 heavy (non-hydrogen) atoms. The summed E-state index contributed by atoms with van der Waals surface area (Å²) in [6.45, 7) is 39.1. The summed E-state index contributed by atoms with van der Waals surface area (Å²) in [5, 5.41) is 33.1. The Morgan fingerprint density at radius 3 is 1.11 bits per heavy atom. The number of methoxy groups -OCH3 is 2. The molecular formula is C109H178N6O17. The van der Waals surface area contributed by atoms with E-state index >= 15 is 0 Å². The molecule has 2 unspecified atom stereocenters. The third-order valence-corrected chi connectivity index (χ3v) is 35.2. The first-order chi connectivity index (χ1) is 62.8. The fourth-order valence-corrected chi connectivity index (χ4v) is 28.8. The number of carbonyl (C=O) groups is 6. The summed E-state index contributed by atoms with van der Waals surface area (Å²) in [6.07, 6.45) is 41.9. The molecule has 0 spiro atoms. The summed E-state index contributed by atoms with van der Waals surface area (Å²) < 4.78 is 56.2. The van der Waals surface area contributed by atoms with Crippen molar-refractivity contribution >= 4 is 46.6 Å². The zero-order valence-corrected chi connectivity index (χ0v) is 84.3. The maximum absolute atomic E-state index is 13.1. The number of piperidine rings is 6. The molecule has 746 valence electrons. The van der Waals surface area contributed by atoms with Crippen LogP contribution in [-0.4, -0.2) is 206 Å². The van der Waals surface area contributed by atoms with Crippen molar-refractivity contribution in [2.75, 3.05) is 126 Å². The second kappa shape index (κ2) is 46.3. The van der Waals surface area contributed by atoms with Crippen LogP contribution in [0.2, 0.25) is 0 Å². The molecule has 13 saturated carbocycles. The second-order valence-electron chi connectivity index (χ2n) is 47.9. The molecule has 23 heteroatoms. The van der Waals surface area contributed by atoms with Crippen molar-refractivity contribution in [1.29, 1.82) is 0 Å². The van der Waals surface area contributed by atoms with Crippen molar-refractivity contribution in [3.63, 3.8) is 0 Å². The molecule has 13 aliphatic carbocycles. The number of aliphatic hydroxyl groups is 1. The number of hydrogen-bond acceptors (Lipinski definition) is 23. The highest BCUT2D eigenvalue weighted by molar-refractivity contribution is 5.96. The van der Waals surface area contributed by atoms with Crippen LogP contribution in [0.5, 0.6) is 5.75 Å². The second-order valence-corrected chi connectivity index (χ2v) is 47.9. The molecule has 2 aromatic rings. The van der Waals surface area contributed by atoms with E-state index in [2.05, 4.69) is 87.3 Å². The first-order valence-electron chi connectivity index (χ1n) is 52.9. The molecule has 2 aromatic carbocycles. The predicted octanol–water partition coefficient (Wildman–Crippen LogP) is 18.1. The van der Waals surface area contributed by atoms with Gasteiger partial charge in [-0.25, -0.2) is 9.59 Å². The van der Waals surface area contributed by atoms with Crippen molar-refractivity contribution in [2.45, 2.75) is 360 Å². The lowest BCUT2D eigenvalue weighted by atomic mass is 9.48. The fourth-order valence-electron chi connectivity index (χ4n) is 28.8. The van der Waals surface area contributed by atoms with Crippen molar-refractivity contribution in [1.82, 2.24) is 31.9 Å². The molecule has 12 bridgehead atoms. The van der Waals surface area contributed by atoms with Gasteiger partial charge in [-0.15, -0.1) is 0 Å². The third-order valence-electron chi connectivity index (χ3n) is 35.2. The lowest BCUT2D eigenvalue weighted by Gasteiger charge is -2.59. The smallest absolute Gasteiger partial charge is 0.338 e. The van der Waals surface area contributed by atoms with E-state index in [1.807, 2.05) is 64.1 Å². The summed E-state index contributed by atoms with van der Waals surface area (Å²) in [6, 6.07) is 11.5. The number of carbonyl (C=O) groups excluding carboxylic acids is 6. The monoisotopic (exact) mass is 1840 g/mol. The Morgan fingerprint density at radius 2 is 0.697 bits per heavy atom. The van der Waals surface area contributed by atoms with E-state index in [0.717, 1.165) is 253 Å². The normalized spacial score (nSPS) is 30.5. The molecule has 0 aromatic heterocycles. The minimum atomic E-state index is -0.595. The SMILES string of the molecule is CC(C)(OC(=O)C12CC3CC(CC(C3)C1)C2)C1CCNCC1.CC(C)(OC(=O)C12CC3CC(CC(O)(C3)C1)C2)C1CCNCC1.CC(C)(OC(=O)CC12CC3CC(CC(C3)C1)C2)C1CCNCC1.CC(C)(OC(=O)CC1CCCCC1)C1CCNCC1.COCCOCCOCC(=O)OC(C)(C)C1CCNCC1.COc1ccc2cc(C(=O)OC(C)(C)C3CCNCC3)ccc2c1. The maximum atomic E-state index is 13.1. The Bertz CT molecular complexity index is 3920. The number of benzene rings is 2. The van der Waals surface area contributed by atoms with Gasteiger partial charge in [0.15, 0.2) is 0 Å². The molecule has 23 nitrogen and oxygen atoms in total. The Hall–Kier alpha value is -5.08. The van der Waals surface area contributed by atoms with Crippen molar-refractivity contribution in [3.8, 4) is 5.75 Å². The van der Waals surface area contributed by atoms with Gasteiger partial charge in [0.1, 0.15) is 46.0 Å².